The highest BCUT2D eigenvalue weighted by atomic mass is 79.9. The quantitative estimate of drug-likeness (QED) is 0.592. The summed E-state index contributed by atoms with van der Waals surface area (Å²) in [4.78, 5) is 17.2. The van der Waals surface area contributed by atoms with Crippen molar-refractivity contribution in [2.45, 2.75) is 40.0 Å². The van der Waals surface area contributed by atoms with Crippen LogP contribution in [0, 0.1) is 6.92 Å². The van der Waals surface area contributed by atoms with Crippen molar-refractivity contribution in [2.75, 3.05) is 0 Å². The molecule has 0 aliphatic carbocycles. The first-order valence-corrected chi connectivity index (χ1v) is 9.42. The molecule has 0 saturated carbocycles. The highest BCUT2D eigenvalue weighted by molar-refractivity contribution is 9.10. The van der Waals surface area contributed by atoms with E-state index in [1.54, 1.807) is 36.0 Å². The second-order valence-corrected chi connectivity index (χ2v) is 7.45. The van der Waals surface area contributed by atoms with Gasteiger partial charge in [0.1, 0.15) is 5.75 Å². The van der Waals surface area contributed by atoms with Gasteiger partial charge in [-0.15, -0.1) is 0 Å². The van der Waals surface area contributed by atoms with Gasteiger partial charge in [-0.05, 0) is 45.0 Å². The molecule has 6 nitrogen and oxygen atoms in total. The van der Waals surface area contributed by atoms with Crippen molar-refractivity contribution in [1.29, 1.82) is 0 Å². The van der Waals surface area contributed by atoms with Crippen LogP contribution in [0.5, 0.6) is 5.75 Å². The van der Waals surface area contributed by atoms with E-state index < -0.39 is 6.61 Å². The molecule has 0 fully saturated rings. The standard InChI is InChI=1S/C19H19BrF2N4O2/c1-10(2)26-17-13(9-24-26)7-15(11(3)25-17)18(27)23-8-12-6-14(20)4-5-16(12)28-19(21)22/h4-7,9-10,19H,8H2,1-3H3,(H,23,27). The number of amides is 1. The molecule has 0 atom stereocenters. The summed E-state index contributed by atoms with van der Waals surface area (Å²) < 4.78 is 32.2. The van der Waals surface area contributed by atoms with Gasteiger partial charge >= 0.3 is 6.61 Å². The maximum Gasteiger partial charge on any atom is 0.387 e. The van der Waals surface area contributed by atoms with E-state index in [1.807, 2.05) is 13.8 Å². The predicted octanol–water partition coefficient (Wildman–Crippen LogP) is 4.61. The van der Waals surface area contributed by atoms with Crippen molar-refractivity contribution in [3.63, 3.8) is 0 Å². The lowest BCUT2D eigenvalue weighted by Gasteiger charge is -2.13. The van der Waals surface area contributed by atoms with Crippen LogP contribution in [-0.2, 0) is 6.54 Å². The summed E-state index contributed by atoms with van der Waals surface area (Å²) in [6.07, 6.45) is 1.67. The molecule has 28 heavy (non-hydrogen) atoms. The first-order chi connectivity index (χ1) is 13.3. The SMILES string of the molecule is Cc1nc2c(cnn2C(C)C)cc1C(=O)NCc1cc(Br)ccc1OC(F)F. The minimum Gasteiger partial charge on any atom is -0.434 e. The predicted molar refractivity (Wildman–Crippen MR) is 105 cm³/mol. The number of benzene rings is 1. The summed E-state index contributed by atoms with van der Waals surface area (Å²) in [6, 6.07) is 6.53. The third-order valence-electron chi connectivity index (χ3n) is 4.17. The van der Waals surface area contributed by atoms with Crippen LogP contribution < -0.4 is 10.1 Å². The number of fused-ring (bicyclic) bond motifs is 1. The van der Waals surface area contributed by atoms with Crippen molar-refractivity contribution in [2.24, 2.45) is 0 Å². The van der Waals surface area contributed by atoms with Crippen LogP contribution in [0.4, 0.5) is 8.78 Å². The number of carbonyl (C=O) groups excluding carboxylic acids is 1. The van der Waals surface area contributed by atoms with Crippen LogP contribution in [0.3, 0.4) is 0 Å². The van der Waals surface area contributed by atoms with Crippen LogP contribution in [0.1, 0.15) is 41.5 Å². The van der Waals surface area contributed by atoms with Gasteiger partial charge < -0.3 is 10.1 Å². The molecule has 1 aromatic carbocycles. The number of hydrogen-bond donors (Lipinski definition) is 1. The van der Waals surface area contributed by atoms with E-state index in [2.05, 4.69) is 36.1 Å². The second kappa shape index (κ2) is 8.22. The van der Waals surface area contributed by atoms with Gasteiger partial charge in [0.05, 0.1) is 17.5 Å². The lowest BCUT2D eigenvalue weighted by molar-refractivity contribution is -0.0504. The molecule has 3 aromatic rings. The maximum absolute atomic E-state index is 12.7. The Morgan fingerprint density at radius 2 is 2.07 bits per heavy atom. The summed E-state index contributed by atoms with van der Waals surface area (Å²) >= 11 is 3.29. The lowest BCUT2D eigenvalue weighted by Crippen LogP contribution is -2.24. The van der Waals surface area contributed by atoms with E-state index in [4.69, 9.17) is 0 Å². The zero-order valence-electron chi connectivity index (χ0n) is 15.5. The van der Waals surface area contributed by atoms with Crippen LogP contribution >= 0.6 is 15.9 Å². The van der Waals surface area contributed by atoms with Crippen LogP contribution in [0.15, 0.2) is 34.9 Å². The molecule has 9 heteroatoms. The fourth-order valence-electron chi connectivity index (χ4n) is 2.84. The molecule has 0 bridgehead atoms. The molecular formula is C19H19BrF2N4O2. The van der Waals surface area contributed by atoms with Crippen molar-refractivity contribution in [3.05, 3.63) is 51.8 Å². The third kappa shape index (κ3) is 4.30. The van der Waals surface area contributed by atoms with E-state index in [9.17, 15) is 13.6 Å². The summed E-state index contributed by atoms with van der Waals surface area (Å²) in [5, 5.41) is 7.81. The Hall–Kier alpha value is -2.55. The first-order valence-electron chi connectivity index (χ1n) is 8.62. The topological polar surface area (TPSA) is 69.0 Å². The maximum atomic E-state index is 12.7. The number of alkyl halides is 2. The number of nitrogens with one attached hydrogen (secondary N) is 1. The summed E-state index contributed by atoms with van der Waals surface area (Å²) in [5.41, 5.74) is 2.11. The van der Waals surface area contributed by atoms with Gasteiger partial charge in [0.2, 0.25) is 0 Å². The number of pyridine rings is 1. The fourth-order valence-corrected chi connectivity index (χ4v) is 3.25. The molecule has 0 aliphatic rings. The summed E-state index contributed by atoms with van der Waals surface area (Å²) in [5.74, 6) is -0.339. The van der Waals surface area contributed by atoms with Gasteiger partial charge in [-0.1, -0.05) is 15.9 Å². The lowest BCUT2D eigenvalue weighted by atomic mass is 10.1. The number of ether oxygens (including phenoxy) is 1. The molecule has 1 N–H and O–H groups in total. The highest BCUT2D eigenvalue weighted by Gasteiger charge is 2.16. The average molecular weight is 453 g/mol. The van der Waals surface area contributed by atoms with Crippen LogP contribution in [-0.4, -0.2) is 27.3 Å². The number of halogens is 3. The minimum atomic E-state index is -2.94. The second-order valence-electron chi connectivity index (χ2n) is 6.53. The van der Waals surface area contributed by atoms with E-state index in [0.717, 1.165) is 5.39 Å². The van der Waals surface area contributed by atoms with Crippen LogP contribution in [0.2, 0.25) is 0 Å². The molecule has 148 valence electrons. The zero-order valence-corrected chi connectivity index (χ0v) is 17.1. The Kier molecular flexibility index (Phi) is 5.93. The fraction of sp³-hybridized carbons (Fsp3) is 0.316. The van der Waals surface area contributed by atoms with Crippen molar-refractivity contribution in [1.82, 2.24) is 20.1 Å². The van der Waals surface area contributed by atoms with Gasteiger partial charge in [0, 0.05) is 28.0 Å². The number of hydrogen-bond acceptors (Lipinski definition) is 4. The van der Waals surface area contributed by atoms with Crippen molar-refractivity contribution < 1.29 is 18.3 Å². The van der Waals surface area contributed by atoms with Crippen LogP contribution in [0.25, 0.3) is 11.0 Å². The van der Waals surface area contributed by atoms with E-state index in [1.165, 1.54) is 6.07 Å². The molecule has 0 unspecified atom stereocenters. The number of nitrogens with zero attached hydrogens (tertiary/aromatic N) is 3. The van der Waals surface area contributed by atoms with Crippen molar-refractivity contribution in [3.8, 4) is 5.75 Å². The molecule has 0 radical (unpaired) electrons. The molecular weight excluding hydrogens is 434 g/mol. The Balaban J connectivity index is 1.82. The van der Waals surface area contributed by atoms with Crippen molar-refractivity contribution >= 4 is 32.9 Å². The highest BCUT2D eigenvalue weighted by Crippen LogP contribution is 2.25. The smallest absolute Gasteiger partial charge is 0.387 e. The van der Waals surface area contributed by atoms with E-state index in [0.29, 0.717) is 26.9 Å². The summed E-state index contributed by atoms with van der Waals surface area (Å²) in [6.45, 7) is 2.84. The Labute approximate surface area is 169 Å². The largest absolute Gasteiger partial charge is 0.434 e. The van der Waals surface area contributed by atoms with Gasteiger partial charge in [0.25, 0.3) is 5.91 Å². The number of aryl methyl sites for hydroxylation is 1. The molecule has 0 spiro atoms. The third-order valence-corrected chi connectivity index (χ3v) is 4.66. The number of aromatic nitrogens is 3. The van der Waals surface area contributed by atoms with Gasteiger partial charge in [-0.25, -0.2) is 9.67 Å². The van der Waals surface area contributed by atoms with Gasteiger partial charge in [-0.2, -0.15) is 13.9 Å². The minimum absolute atomic E-state index is 0.0157. The van der Waals surface area contributed by atoms with E-state index >= 15 is 0 Å². The number of rotatable bonds is 6. The van der Waals surface area contributed by atoms with Gasteiger partial charge in [0.15, 0.2) is 5.65 Å². The number of carbonyl (C=O) groups is 1. The van der Waals surface area contributed by atoms with E-state index in [-0.39, 0.29) is 24.2 Å². The molecule has 0 saturated heterocycles. The van der Waals surface area contributed by atoms with Gasteiger partial charge in [-0.3, -0.25) is 4.79 Å². The Bertz CT molecular complexity index is 1020. The Morgan fingerprint density at radius 1 is 1.32 bits per heavy atom. The molecule has 2 heterocycles. The first kappa shape index (κ1) is 20.2. The molecule has 2 aromatic heterocycles. The molecule has 1 amide bonds. The monoisotopic (exact) mass is 452 g/mol. The Morgan fingerprint density at radius 3 is 2.75 bits per heavy atom. The summed E-state index contributed by atoms with van der Waals surface area (Å²) in [7, 11) is 0. The molecule has 3 rings (SSSR count). The molecule has 0 aliphatic heterocycles. The average Bonchev–Trinajstić information content (AvgIpc) is 3.03. The normalized spacial score (nSPS) is 11.4. The zero-order chi connectivity index (χ0) is 20.4.